The predicted octanol–water partition coefficient (Wildman–Crippen LogP) is 2.81. The van der Waals surface area contributed by atoms with E-state index in [-0.39, 0.29) is 30.1 Å². The minimum absolute atomic E-state index is 0.00506. The molecule has 2 aromatic rings. The van der Waals surface area contributed by atoms with Gasteiger partial charge in [-0.3, -0.25) is 9.59 Å². The van der Waals surface area contributed by atoms with E-state index >= 15 is 0 Å². The van der Waals surface area contributed by atoms with Gasteiger partial charge in [0.05, 0.1) is 20.6 Å². The molecule has 0 bridgehead atoms. The molecule has 0 spiro atoms. The standard InChI is InChI=1S/C22H25FN2O4/c1-28-19-8-5-16(14-20(19)29-2)22(27)24-18-9-11-25(12-10-18)21(26)13-15-3-6-17(23)7-4-15/h3-8,14,18H,9-13H2,1-2H3,(H,24,27). The Hall–Kier alpha value is -3.09. The van der Waals surface area contributed by atoms with Crippen molar-refractivity contribution >= 4 is 11.8 Å². The van der Waals surface area contributed by atoms with E-state index in [1.165, 1.54) is 19.2 Å². The third-order valence-electron chi connectivity index (χ3n) is 5.10. The second-order valence-corrected chi connectivity index (χ2v) is 7.00. The molecule has 1 fully saturated rings. The minimum atomic E-state index is -0.313. The van der Waals surface area contributed by atoms with E-state index in [4.69, 9.17) is 9.47 Å². The van der Waals surface area contributed by atoms with Crippen molar-refractivity contribution in [2.24, 2.45) is 0 Å². The molecule has 1 saturated heterocycles. The zero-order valence-electron chi connectivity index (χ0n) is 16.6. The highest BCUT2D eigenvalue weighted by atomic mass is 19.1. The Morgan fingerprint density at radius 2 is 1.69 bits per heavy atom. The van der Waals surface area contributed by atoms with E-state index in [0.29, 0.717) is 43.0 Å². The van der Waals surface area contributed by atoms with Gasteiger partial charge in [0, 0.05) is 24.7 Å². The van der Waals surface area contributed by atoms with Crippen LogP contribution < -0.4 is 14.8 Å². The smallest absolute Gasteiger partial charge is 0.251 e. The number of likely N-dealkylation sites (tertiary alicyclic amines) is 1. The van der Waals surface area contributed by atoms with Gasteiger partial charge < -0.3 is 19.7 Å². The van der Waals surface area contributed by atoms with Gasteiger partial charge in [-0.1, -0.05) is 12.1 Å². The highest BCUT2D eigenvalue weighted by Gasteiger charge is 2.24. The van der Waals surface area contributed by atoms with Crippen molar-refractivity contribution in [2.75, 3.05) is 27.3 Å². The summed E-state index contributed by atoms with van der Waals surface area (Å²) in [6, 6.07) is 11.0. The quantitative estimate of drug-likeness (QED) is 0.810. The number of piperidine rings is 1. The van der Waals surface area contributed by atoms with Gasteiger partial charge in [-0.05, 0) is 48.7 Å². The van der Waals surface area contributed by atoms with E-state index in [9.17, 15) is 14.0 Å². The Kier molecular flexibility index (Phi) is 6.69. The summed E-state index contributed by atoms with van der Waals surface area (Å²) in [6.45, 7) is 1.16. The average Bonchev–Trinajstić information content (AvgIpc) is 2.75. The van der Waals surface area contributed by atoms with Gasteiger partial charge in [-0.2, -0.15) is 0 Å². The molecule has 1 heterocycles. The largest absolute Gasteiger partial charge is 0.493 e. The maximum atomic E-state index is 13.0. The van der Waals surface area contributed by atoms with E-state index < -0.39 is 0 Å². The number of halogens is 1. The Labute approximate surface area is 169 Å². The molecule has 0 aromatic heterocycles. The molecule has 1 aliphatic rings. The highest BCUT2D eigenvalue weighted by molar-refractivity contribution is 5.95. The number of carbonyl (C=O) groups excluding carboxylic acids is 2. The predicted molar refractivity (Wildman–Crippen MR) is 107 cm³/mol. The summed E-state index contributed by atoms with van der Waals surface area (Å²) >= 11 is 0. The number of carbonyl (C=O) groups is 2. The minimum Gasteiger partial charge on any atom is -0.493 e. The van der Waals surface area contributed by atoms with Gasteiger partial charge in [0.25, 0.3) is 5.91 Å². The van der Waals surface area contributed by atoms with Crippen LogP contribution in [0, 0.1) is 5.82 Å². The van der Waals surface area contributed by atoms with Crippen LogP contribution in [0.1, 0.15) is 28.8 Å². The molecule has 0 radical (unpaired) electrons. The molecule has 2 amide bonds. The van der Waals surface area contributed by atoms with Crippen LogP contribution in [-0.2, 0) is 11.2 Å². The summed E-state index contributed by atoms with van der Waals surface area (Å²) in [6.07, 6.45) is 1.63. The maximum Gasteiger partial charge on any atom is 0.251 e. The SMILES string of the molecule is COc1ccc(C(=O)NC2CCN(C(=O)Cc3ccc(F)cc3)CC2)cc1OC. The van der Waals surface area contributed by atoms with Gasteiger partial charge >= 0.3 is 0 Å². The molecule has 154 valence electrons. The van der Waals surface area contributed by atoms with Crippen LogP contribution in [0.4, 0.5) is 4.39 Å². The number of ether oxygens (including phenoxy) is 2. The lowest BCUT2D eigenvalue weighted by Crippen LogP contribution is -2.47. The lowest BCUT2D eigenvalue weighted by Gasteiger charge is -2.32. The van der Waals surface area contributed by atoms with E-state index in [1.807, 2.05) is 0 Å². The van der Waals surface area contributed by atoms with Crippen LogP contribution >= 0.6 is 0 Å². The number of nitrogens with zero attached hydrogens (tertiary/aromatic N) is 1. The molecule has 0 saturated carbocycles. The number of amides is 2. The fraction of sp³-hybridized carbons (Fsp3) is 0.364. The first-order valence-electron chi connectivity index (χ1n) is 9.55. The Morgan fingerprint density at radius 3 is 2.31 bits per heavy atom. The molecular weight excluding hydrogens is 375 g/mol. The van der Waals surface area contributed by atoms with Gasteiger partial charge in [0.1, 0.15) is 5.82 Å². The lowest BCUT2D eigenvalue weighted by atomic mass is 10.0. The van der Waals surface area contributed by atoms with Crippen molar-refractivity contribution in [1.29, 1.82) is 0 Å². The zero-order chi connectivity index (χ0) is 20.8. The van der Waals surface area contributed by atoms with Gasteiger partial charge in [-0.25, -0.2) is 4.39 Å². The van der Waals surface area contributed by atoms with Crippen molar-refractivity contribution in [1.82, 2.24) is 10.2 Å². The molecule has 1 N–H and O–H groups in total. The molecule has 1 aliphatic heterocycles. The maximum absolute atomic E-state index is 13.0. The molecule has 7 heteroatoms. The summed E-state index contributed by atoms with van der Waals surface area (Å²) in [5, 5.41) is 3.02. The Bertz CT molecular complexity index is 862. The lowest BCUT2D eigenvalue weighted by molar-refractivity contribution is -0.131. The normalized spacial score (nSPS) is 14.4. The second kappa shape index (κ2) is 9.41. The topological polar surface area (TPSA) is 67.9 Å². The van der Waals surface area contributed by atoms with Crippen molar-refractivity contribution in [3.8, 4) is 11.5 Å². The molecule has 6 nitrogen and oxygen atoms in total. The van der Waals surface area contributed by atoms with Crippen molar-refractivity contribution < 1.29 is 23.5 Å². The summed E-state index contributed by atoms with van der Waals surface area (Å²) in [7, 11) is 3.07. The first-order chi connectivity index (χ1) is 14.0. The van der Waals surface area contributed by atoms with E-state index in [2.05, 4.69) is 5.32 Å². The molecule has 29 heavy (non-hydrogen) atoms. The fourth-order valence-corrected chi connectivity index (χ4v) is 3.41. The van der Waals surface area contributed by atoms with Gasteiger partial charge in [0.15, 0.2) is 11.5 Å². The van der Waals surface area contributed by atoms with Crippen LogP contribution in [0.3, 0.4) is 0 Å². The number of hydrogen-bond acceptors (Lipinski definition) is 4. The van der Waals surface area contributed by atoms with Crippen molar-refractivity contribution in [3.05, 3.63) is 59.4 Å². The van der Waals surface area contributed by atoms with Gasteiger partial charge in [0.2, 0.25) is 5.91 Å². The summed E-state index contributed by atoms with van der Waals surface area (Å²) in [5.41, 5.74) is 1.29. The first kappa shape index (κ1) is 20.6. The number of methoxy groups -OCH3 is 2. The van der Waals surface area contributed by atoms with E-state index in [1.54, 1.807) is 42.3 Å². The van der Waals surface area contributed by atoms with Crippen LogP contribution in [0.5, 0.6) is 11.5 Å². The number of nitrogens with one attached hydrogen (secondary N) is 1. The monoisotopic (exact) mass is 400 g/mol. The summed E-state index contributed by atoms with van der Waals surface area (Å²) < 4.78 is 23.4. The Balaban J connectivity index is 1.51. The molecule has 0 unspecified atom stereocenters. The van der Waals surface area contributed by atoms with Crippen LogP contribution in [0.2, 0.25) is 0 Å². The van der Waals surface area contributed by atoms with Gasteiger partial charge in [-0.15, -0.1) is 0 Å². The van der Waals surface area contributed by atoms with E-state index in [0.717, 1.165) is 5.56 Å². The van der Waals surface area contributed by atoms with Crippen LogP contribution in [-0.4, -0.2) is 50.1 Å². The molecule has 0 atom stereocenters. The molecule has 0 aliphatic carbocycles. The van der Waals surface area contributed by atoms with Crippen LogP contribution in [0.15, 0.2) is 42.5 Å². The highest BCUT2D eigenvalue weighted by Crippen LogP contribution is 2.27. The van der Waals surface area contributed by atoms with Crippen LogP contribution in [0.25, 0.3) is 0 Å². The third kappa shape index (κ3) is 5.25. The second-order valence-electron chi connectivity index (χ2n) is 7.00. The third-order valence-corrected chi connectivity index (χ3v) is 5.10. The van der Waals surface area contributed by atoms with Crippen molar-refractivity contribution in [2.45, 2.75) is 25.3 Å². The summed E-state index contributed by atoms with van der Waals surface area (Å²) in [5.74, 6) is 0.592. The van der Waals surface area contributed by atoms with Crippen molar-refractivity contribution in [3.63, 3.8) is 0 Å². The average molecular weight is 400 g/mol. The molecule has 2 aromatic carbocycles. The summed E-state index contributed by atoms with van der Waals surface area (Å²) in [4.78, 5) is 26.8. The number of hydrogen-bond donors (Lipinski definition) is 1. The Morgan fingerprint density at radius 1 is 1.03 bits per heavy atom. The number of benzene rings is 2. The molecular formula is C22H25FN2O4. The molecule has 3 rings (SSSR count). The number of rotatable bonds is 6. The fourth-order valence-electron chi connectivity index (χ4n) is 3.41. The zero-order valence-corrected chi connectivity index (χ0v) is 16.6. The first-order valence-corrected chi connectivity index (χ1v) is 9.55.